The van der Waals surface area contributed by atoms with Crippen LogP contribution in [0, 0.1) is 0 Å². The molecule has 5 nitrogen and oxygen atoms in total. The molecule has 1 heterocycles. The summed E-state index contributed by atoms with van der Waals surface area (Å²) in [6.07, 6.45) is 1.85. The average Bonchev–Trinajstić information content (AvgIpc) is 2.82. The van der Waals surface area contributed by atoms with Crippen LogP contribution < -0.4 is 5.32 Å². The van der Waals surface area contributed by atoms with E-state index in [1.165, 1.54) is 6.33 Å². The van der Waals surface area contributed by atoms with Gasteiger partial charge in [0.2, 0.25) is 5.89 Å². The largest absolute Gasteiger partial charge is 0.351 e. The highest BCUT2D eigenvalue weighted by molar-refractivity contribution is 7.80. The fourth-order valence-electron chi connectivity index (χ4n) is 1.35. The van der Waals surface area contributed by atoms with E-state index < -0.39 is 0 Å². The molecule has 2 aromatic rings. The molecule has 0 aliphatic carbocycles. The SMILES string of the molecule is O=C(NCCc1ncno1)c1ccccc1S. The highest BCUT2D eigenvalue weighted by atomic mass is 32.1. The molecule has 1 aromatic carbocycles. The van der Waals surface area contributed by atoms with E-state index >= 15 is 0 Å². The van der Waals surface area contributed by atoms with Crippen LogP contribution in [0.15, 0.2) is 40.0 Å². The van der Waals surface area contributed by atoms with Crippen molar-refractivity contribution in [2.45, 2.75) is 11.3 Å². The smallest absolute Gasteiger partial charge is 0.252 e. The molecule has 0 fully saturated rings. The number of carbonyl (C=O) groups is 1. The van der Waals surface area contributed by atoms with Crippen molar-refractivity contribution in [2.24, 2.45) is 0 Å². The van der Waals surface area contributed by atoms with Crippen LogP contribution in [0.5, 0.6) is 0 Å². The van der Waals surface area contributed by atoms with Crippen molar-refractivity contribution in [3.05, 3.63) is 42.0 Å². The minimum Gasteiger partial charge on any atom is -0.351 e. The minimum absolute atomic E-state index is 0.157. The van der Waals surface area contributed by atoms with Gasteiger partial charge in [-0.05, 0) is 12.1 Å². The first kappa shape index (κ1) is 11.7. The standard InChI is InChI=1S/C11H11N3O2S/c15-11(8-3-1-2-4-9(8)17)12-6-5-10-13-7-14-16-10/h1-4,7,17H,5-6H2,(H,12,15). The molecule has 1 amide bonds. The molecule has 88 valence electrons. The van der Waals surface area contributed by atoms with Crippen molar-refractivity contribution in [1.29, 1.82) is 0 Å². The van der Waals surface area contributed by atoms with Crippen LogP contribution in [-0.2, 0) is 6.42 Å². The van der Waals surface area contributed by atoms with E-state index in [0.29, 0.717) is 29.3 Å². The first-order valence-electron chi connectivity index (χ1n) is 5.09. The molecule has 0 saturated carbocycles. The fraction of sp³-hybridized carbons (Fsp3) is 0.182. The number of benzene rings is 1. The molecular formula is C11H11N3O2S. The molecule has 0 aliphatic heterocycles. The summed E-state index contributed by atoms with van der Waals surface area (Å²) in [5, 5.41) is 6.24. The average molecular weight is 249 g/mol. The van der Waals surface area contributed by atoms with Crippen LogP contribution in [0.4, 0.5) is 0 Å². The van der Waals surface area contributed by atoms with Gasteiger partial charge in [-0.25, -0.2) is 0 Å². The number of aromatic nitrogens is 2. The van der Waals surface area contributed by atoms with Crippen LogP contribution in [0.2, 0.25) is 0 Å². The lowest BCUT2D eigenvalue weighted by molar-refractivity contribution is 0.0950. The summed E-state index contributed by atoms with van der Waals surface area (Å²) in [5.74, 6) is 0.347. The number of nitrogens with one attached hydrogen (secondary N) is 1. The lowest BCUT2D eigenvalue weighted by Crippen LogP contribution is -2.26. The maximum absolute atomic E-state index is 11.8. The van der Waals surface area contributed by atoms with Crippen LogP contribution in [-0.4, -0.2) is 22.6 Å². The fourth-order valence-corrected chi connectivity index (χ4v) is 1.61. The second kappa shape index (κ2) is 5.49. The van der Waals surface area contributed by atoms with E-state index in [-0.39, 0.29) is 5.91 Å². The van der Waals surface area contributed by atoms with Gasteiger partial charge in [0, 0.05) is 17.9 Å². The van der Waals surface area contributed by atoms with Gasteiger partial charge in [-0.3, -0.25) is 4.79 Å². The number of amides is 1. The van der Waals surface area contributed by atoms with Crippen LogP contribution in [0.1, 0.15) is 16.2 Å². The number of hydrogen-bond acceptors (Lipinski definition) is 5. The van der Waals surface area contributed by atoms with Gasteiger partial charge in [0.1, 0.15) is 0 Å². The Morgan fingerprint density at radius 2 is 2.24 bits per heavy atom. The van der Waals surface area contributed by atoms with Gasteiger partial charge >= 0.3 is 0 Å². The zero-order chi connectivity index (χ0) is 12.1. The zero-order valence-corrected chi connectivity index (χ0v) is 9.85. The molecule has 1 aromatic heterocycles. The second-order valence-electron chi connectivity index (χ2n) is 3.36. The molecule has 2 rings (SSSR count). The summed E-state index contributed by atoms with van der Waals surface area (Å²) in [6.45, 7) is 0.448. The summed E-state index contributed by atoms with van der Waals surface area (Å²) in [5.41, 5.74) is 0.557. The molecule has 17 heavy (non-hydrogen) atoms. The van der Waals surface area contributed by atoms with Crippen molar-refractivity contribution in [3.63, 3.8) is 0 Å². The quantitative estimate of drug-likeness (QED) is 0.802. The Kier molecular flexibility index (Phi) is 3.77. The lowest BCUT2D eigenvalue weighted by atomic mass is 10.2. The van der Waals surface area contributed by atoms with E-state index in [4.69, 9.17) is 4.52 Å². The Bertz CT molecular complexity index is 499. The monoisotopic (exact) mass is 249 g/mol. The molecule has 0 bridgehead atoms. The molecular weight excluding hydrogens is 238 g/mol. The summed E-state index contributed by atoms with van der Waals surface area (Å²) in [6, 6.07) is 7.13. The highest BCUT2D eigenvalue weighted by Crippen LogP contribution is 2.12. The molecule has 0 unspecified atom stereocenters. The number of hydrogen-bond donors (Lipinski definition) is 2. The topological polar surface area (TPSA) is 68.0 Å². The second-order valence-corrected chi connectivity index (χ2v) is 3.84. The predicted molar refractivity (Wildman–Crippen MR) is 64.0 cm³/mol. The maximum atomic E-state index is 11.8. The molecule has 0 saturated heterocycles. The van der Waals surface area contributed by atoms with E-state index in [9.17, 15) is 4.79 Å². The minimum atomic E-state index is -0.157. The van der Waals surface area contributed by atoms with Crippen LogP contribution in [0.3, 0.4) is 0 Å². The van der Waals surface area contributed by atoms with Gasteiger partial charge < -0.3 is 9.84 Å². The van der Waals surface area contributed by atoms with E-state index in [1.54, 1.807) is 18.2 Å². The van der Waals surface area contributed by atoms with Gasteiger partial charge in [0.25, 0.3) is 5.91 Å². The molecule has 0 aliphatic rings. The molecule has 0 atom stereocenters. The first-order valence-corrected chi connectivity index (χ1v) is 5.54. The first-order chi connectivity index (χ1) is 8.27. The van der Waals surface area contributed by atoms with E-state index in [2.05, 4.69) is 28.1 Å². The molecule has 6 heteroatoms. The normalized spacial score (nSPS) is 10.2. The van der Waals surface area contributed by atoms with Crippen molar-refractivity contribution in [3.8, 4) is 0 Å². The Morgan fingerprint density at radius 3 is 2.94 bits per heavy atom. The molecule has 1 N–H and O–H groups in total. The Labute approximate surface area is 104 Å². The third kappa shape index (κ3) is 3.07. The zero-order valence-electron chi connectivity index (χ0n) is 8.96. The summed E-state index contributed by atoms with van der Waals surface area (Å²) in [7, 11) is 0. The van der Waals surface area contributed by atoms with E-state index in [1.807, 2.05) is 6.07 Å². The Hall–Kier alpha value is -1.82. The highest BCUT2D eigenvalue weighted by Gasteiger charge is 2.08. The van der Waals surface area contributed by atoms with Crippen LogP contribution >= 0.6 is 12.6 Å². The lowest BCUT2D eigenvalue weighted by Gasteiger charge is -2.05. The van der Waals surface area contributed by atoms with Gasteiger partial charge in [-0.15, -0.1) is 12.6 Å². The number of thiol groups is 1. The Balaban J connectivity index is 1.88. The van der Waals surface area contributed by atoms with Gasteiger partial charge in [0.05, 0.1) is 5.56 Å². The predicted octanol–water partition coefficient (Wildman–Crippen LogP) is 1.33. The Morgan fingerprint density at radius 1 is 1.41 bits per heavy atom. The summed E-state index contributed by atoms with van der Waals surface area (Å²) >= 11 is 4.22. The number of rotatable bonds is 4. The number of carbonyl (C=O) groups excluding carboxylic acids is 1. The maximum Gasteiger partial charge on any atom is 0.252 e. The van der Waals surface area contributed by atoms with Crippen molar-refractivity contribution >= 4 is 18.5 Å². The van der Waals surface area contributed by atoms with Gasteiger partial charge in [0.15, 0.2) is 6.33 Å². The summed E-state index contributed by atoms with van der Waals surface area (Å²) < 4.78 is 4.82. The van der Waals surface area contributed by atoms with E-state index in [0.717, 1.165) is 0 Å². The van der Waals surface area contributed by atoms with Crippen molar-refractivity contribution in [2.75, 3.05) is 6.54 Å². The van der Waals surface area contributed by atoms with Gasteiger partial charge in [-0.1, -0.05) is 17.3 Å². The summed E-state index contributed by atoms with van der Waals surface area (Å²) in [4.78, 5) is 16.3. The third-order valence-corrected chi connectivity index (χ3v) is 2.57. The third-order valence-electron chi connectivity index (χ3n) is 2.18. The number of nitrogens with zero attached hydrogens (tertiary/aromatic N) is 2. The van der Waals surface area contributed by atoms with Gasteiger partial charge in [-0.2, -0.15) is 4.98 Å². The molecule has 0 radical (unpaired) electrons. The van der Waals surface area contributed by atoms with Crippen LogP contribution in [0.25, 0.3) is 0 Å². The molecule has 0 spiro atoms. The van der Waals surface area contributed by atoms with Crippen molar-refractivity contribution < 1.29 is 9.32 Å². The van der Waals surface area contributed by atoms with Crippen molar-refractivity contribution in [1.82, 2.24) is 15.5 Å².